The first-order valence-corrected chi connectivity index (χ1v) is 6.79. The second kappa shape index (κ2) is 5.64. The van der Waals surface area contributed by atoms with Gasteiger partial charge in [0.25, 0.3) is 5.91 Å². The molecule has 1 amide bonds. The van der Waals surface area contributed by atoms with E-state index in [9.17, 15) is 14.0 Å². The molecular formula is C17H18FNO2. The van der Waals surface area contributed by atoms with Gasteiger partial charge in [-0.25, -0.2) is 4.39 Å². The van der Waals surface area contributed by atoms with Crippen LogP contribution in [0.25, 0.3) is 10.8 Å². The van der Waals surface area contributed by atoms with Crippen LogP contribution in [0.3, 0.4) is 0 Å². The molecule has 0 fully saturated rings. The number of hydrogen-bond acceptors (Lipinski definition) is 2. The van der Waals surface area contributed by atoms with Crippen molar-refractivity contribution >= 4 is 22.5 Å². The van der Waals surface area contributed by atoms with E-state index in [2.05, 4.69) is 5.32 Å². The van der Waals surface area contributed by atoms with Crippen molar-refractivity contribution in [1.82, 2.24) is 5.32 Å². The quantitative estimate of drug-likeness (QED) is 0.941. The van der Waals surface area contributed by atoms with Gasteiger partial charge in [0.1, 0.15) is 5.82 Å². The van der Waals surface area contributed by atoms with E-state index in [4.69, 9.17) is 0 Å². The molecule has 0 heterocycles. The summed E-state index contributed by atoms with van der Waals surface area (Å²) in [6.07, 6.45) is 0. The maximum Gasteiger partial charge on any atom is 0.252 e. The molecule has 0 bridgehead atoms. The van der Waals surface area contributed by atoms with Gasteiger partial charge < -0.3 is 5.32 Å². The van der Waals surface area contributed by atoms with Gasteiger partial charge in [0, 0.05) is 16.4 Å². The highest BCUT2D eigenvalue weighted by molar-refractivity contribution is 6.08. The van der Waals surface area contributed by atoms with E-state index in [0.29, 0.717) is 16.3 Å². The van der Waals surface area contributed by atoms with Gasteiger partial charge in [-0.15, -0.1) is 0 Å². The molecule has 3 nitrogen and oxygen atoms in total. The number of carbonyl (C=O) groups is 2. The van der Waals surface area contributed by atoms with E-state index < -0.39 is 5.41 Å². The van der Waals surface area contributed by atoms with E-state index in [0.717, 1.165) is 0 Å². The van der Waals surface area contributed by atoms with Crippen LogP contribution in [0.15, 0.2) is 36.4 Å². The number of amides is 1. The zero-order valence-corrected chi connectivity index (χ0v) is 12.4. The average molecular weight is 287 g/mol. The number of ketones is 1. The molecular weight excluding hydrogens is 269 g/mol. The Bertz CT molecular complexity index is 701. The molecule has 4 heteroatoms. The smallest absolute Gasteiger partial charge is 0.252 e. The van der Waals surface area contributed by atoms with E-state index in [-0.39, 0.29) is 24.1 Å². The highest BCUT2D eigenvalue weighted by atomic mass is 19.1. The summed E-state index contributed by atoms with van der Waals surface area (Å²) in [5, 5.41) is 3.54. The Hall–Kier alpha value is -2.23. The first-order valence-electron chi connectivity index (χ1n) is 6.79. The Labute approximate surface area is 123 Å². The number of fused-ring (bicyclic) bond motifs is 1. The van der Waals surface area contributed by atoms with Crippen molar-refractivity contribution in [3.05, 3.63) is 47.8 Å². The molecule has 0 saturated carbocycles. The molecule has 0 unspecified atom stereocenters. The summed E-state index contributed by atoms with van der Waals surface area (Å²) in [5.74, 6) is -0.793. The molecule has 0 aliphatic heterocycles. The number of rotatable bonds is 3. The lowest BCUT2D eigenvalue weighted by atomic mass is 9.91. The van der Waals surface area contributed by atoms with Crippen LogP contribution in [-0.4, -0.2) is 18.2 Å². The third-order valence-electron chi connectivity index (χ3n) is 3.36. The summed E-state index contributed by atoms with van der Waals surface area (Å²) in [6, 6.07) is 9.49. The number of benzene rings is 2. The highest BCUT2D eigenvalue weighted by Gasteiger charge is 2.22. The molecule has 2 rings (SSSR count). The highest BCUT2D eigenvalue weighted by Crippen LogP contribution is 2.22. The Kier molecular flexibility index (Phi) is 4.07. The second-order valence-electron chi connectivity index (χ2n) is 6.00. The van der Waals surface area contributed by atoms with Crippen LogP contribution in [0.4, 0.5) is 4.39 Å². The average Bonchev–Trinajstić information content (AvgIpc) is 2.44. The summed E-state index contributed by atoms with van der Waals surface area (Å²) in [6.45, 7) is 5.37. The minimum Gasteiger partial charge on any atom is -0.345 e. The Morgan fingerprint density at radius 3 is 2.29 bits per heavy atom. The van der Waals surface area contributed by atoms with Crippen molar-refractivity contribution in [1.29, 1.82) is 0 Å². The predicted octanol–water partition coefficient (Wildman–Crippen LogP) is 3.32. The van der Waals surface area contributed by atoms with Crippen molar-refractivity contribution in [2.45, 2.75) is 20.8 Å². The fourth-order valence-electron chi connectivity index (χ4n) is 1.98. The summed E-state index contributed by atoms with van der Waals surface area (Å²) < 4.78 is 13.7. The van der Waals surface area contributed by atoms with Crippen molar-refractivity contribution in [3.8, 4) is 0 Å². The van der Waals surface area contributed by atoms with Gasteiger partial charge in [0.05, 0.1) is 6.54 Å². The summed E-state index contributed by atoms with van der Waals surface area (Å²) in [4.78, 5) is 24.1. The maximum absolute atomic E-state index is 13.7. The number of hydrogen-bond donors (Lipinski definition) is 1. The zero-order chi connectivity index (χ0) is 15.6. The molecule has 0 aliphatic carbocycles. The van der Waals surface area contributed by atoms with E-state index in [1.165, 1.54) is 12.1 Å². The predicted molar refractivity (Wildman–Crippen MR) is 80.7 cm³/mol. The van der Waals surface area contributed by atoms with Crippen LogP contribution >= 0.6 is 0 Å². The van der Waals surface area contributed by atoms with Gasteiger partial charge in [-0.05, 0) is 17.5 Å². The van der Waals surface area contributed by atoms with Gasteiger partial charge in [-0.2, -0.15) is 0 Å². The summed E-state index contributed by atoms with van der Waals surface area (Å²) >= 11 is 0. The first kappa shape index (κ1) is 15.2. The monoisotopic (exact) mass is 287 g/mol. The van der Waals surface area contributed by atoms with Crippen LogP contribution in [0.1, 0.15) is 31.1 Å². The Morgan fingerprint density at radius 2 is 1.67 bits per heavy atom. The Morgan fingerprint density at radius 1 is 1.05 bits per heavy atom. The van der Waals surface area contributed by atoms with Gasteiger partial charge >= 0.3 is 0 Å². The number of halogens is 1. The minimum absolute atomic E-state index is 0.0337. The van der Waals surface area contributed by atoms with Crippen LogP contribution in [0.5, 0.6) is 0 Å². The molecule has 0 aromatic heterocycles. The normalized spacial score (nSPS) is 11.4. The van der Waals surface area contributed by atoms with Crippen molar-refractivity contribution in [2.75, 3.05) is 6.54 Å². The zero-order valence-electron chi connectivity index (χ0n) is 12.4. The molecule has 0 spiro atoms. The molecule has 0 radical (unpaired) electrons. The van der Waals surface area contributed by atoms with Crippen molar-refractivity contribution in [3.63, 3.8) is 0 Å². The number of carbonyl (C=O) groups excluding carboxylic acids is 2. The van der Waals surface area contributed by atoms with E-state index >= 15 is 0 Å². The van der Waals surface area contributed by atoms with Crippen molar-refractivity contribution in [2.24, 2.45) is 5.41 Å². The van der Waals surface area contributed by atoms with Gasteiger partial charge in [0.15, 0.2) is 5.78 Å². The molecule has 2 aromatic carbocycles. The van der Waals surface area contributed by atoms with Crippen LogP contribution in [-0.2, 0) is 4.79 Å². The molecule has 1 N–H and O–H groups in total. The third kappa shape index (κ3) is 3.27. The fourth-order valence-corrected chi connectivity index (χ4v) is 1.98. The van der Waals surface area contributed by atoms with Crippen molar-refractivity contribution < 1.29 is 14.0 Å². The lowest BCUT2D eigenvalue weighted by Crippen LogP contribution is -2.35. The molecule has 0 atom stereocenters. The number of nitrogens with one attached hydrogen (secondary N) is 1. The standard InChI is InChI=1S/C17H18FNO2/c1-17(2,3)15(20)10-19-16(21)13-8-9-14(18)12-7-5-4-6-11(12)13/h4-9H,10H2,1-3H3,(H,19,21). The van der Waals surface area contributed by atoms with E-state index in [1.54, 1.807) is 45.0 Å². The molecule has 0 aliphatic rings. The largest absolute Gasteiger partial charge is 0.345 e. The van der Waals surface area contributed by atoms with Gasteiger partial charge in [-0.3, -0.25) is 9.59 Å². The molecule has 21 heavy (non-hydrogen) atoms. The fraction of sp³-hybridized carbons (Fsp3) is 0.294. The second-order valence-corrected chi connectivity index (χ2v) is 6.00. The number of Topliss-reactive ketones (excluding diaryl/α,β-unsaturated/α-hetero) is 1. The lowest BCUT2D eigenvalue weighted by molar-refractivity contribution is -0.125. The molecule has 2 aromatic rings. The van der Waals surface area contributed by atoms with Crippen LogP contribution < -0.4 is 5.32 Å². The third-order valence-corrected chi connectivity index (χ3v) is 3.36. The topological polar surface area (TPSA) is 46.2 Å². The SMILES string of the molecule is CC(C)(C)C(=O)CNC(=O)c1ccc(F)c2ccccc12. The summed E-state index contributed by atoms with van der Waals surface area (Å²) in [5.41, 5.74) is -0.133. The maximum atomic E-state index is 13.7. The van der Waals surface area contributed by atoms with Crippen LogP contribution in [0, 0.1) is 11.2 Å². The van der Waals surface area contributed by atoms with Gasteiger partial charge in [-0.1, -0.05) is 45.0 Å². The Balaban J connectivity index is 2.25. The van der Waals surface area contributed by atoms with Crippen LogP contribution in [0.2, 0.25) is 0 Å². The minimum atomic E-state index is -0.502. The van der Waals surface area contributed by atoms with E-state index in [1.807, 2.05) is 0 Å². The van der Waals surface area contributed by atoms with Gasteiger partial charge in [0.2, 0.25) is 0 Å². The first-order chi connectivity index (χ1) is 9.80. The molecule has 110 valence electrons. The summed E-state index contributed by atoms with van der Waals surface area (Å²) in [7, 11) is 0. The molecule has 0 saturated heterocycles. The lowest BCUT2D eigenvalue weighted by Gasteiger charge is -2.17.